The highest BCUT2D eigenvalue weighted by Gasteiger charge is 2.50. The van der Waals surface area contributed by atoms with Gasteiger partial charge in [-0.25, -0.2) is 0 Å². The molecule has 0 aromatic heterocycles. The van der Waals surface area contributed by atoms with E-state index in [1.165, 1.54) is 109 Å². The van der Waals surface area contributed by atoms with Crippen molar-refractivity contribution < 1.29 is 64.6 Å². The highest BCUT2D eigenvalue weighted by Crippen LogP contribution is 2.30. The number of amides is 1. The number of hydrogen-bond acceptors (Lipinski definition) is 13. The van der Waals surface area contributed by atoms with Crippen LogP contribution in [0.15, 0.2) is 12.2 Å². The summed E-state index contributed by atoms with van der Waals surface area (Å²) in [4.78, 5) is 13.1. The SMILES string of the molecule is CCCCCCCCCCCC/C=C/C(O)C(COC1OC(CO)C(OC2OC(CO)C(O)C(O)C2O)C(O)C1O)NC(=O)CCCCCCCCCCCCCCC. The molecule has 59 heavy (non-hydrogen) atoms. The molecule has 2 aliphatic rings. The number of carbonyl (C=O) groups excluding carboxylic acids is 1. The Balaban J connectivity index is 1.90. The molecule has 0 radical (unpaired) electrons. The first-order valence-electron chi connectivity index (χ1n) is 23.4. The van der Waals surface area contributed by atoms with Crippen LogP contribution < -0.4 is 5.32 Å². The average molecular weight is 848 g/mol. The maximum absolute atomic E-state index is 13.1. The summed E-state index contributed by atoms with van der Waals surface area (Å²) < 4.78 is 22.6. The largest absolute Gasteiger partial charge is 0.394 e. The van der Waals surface area contributed by atoms with Crippen LogP contribution in [-0.4, -0.2) is 140 Å². The number of allylic oxidation sites excluding steroid dienone is 1. The fourth-order valence-electron chi connectivity index (χ4n) is 7.82. The third-order valence-electron chi connectivity index (χ3n) is 11.7. The summed E-state index contributed by atoms with van der Waals surface area (Å²) in [5.41, 5.74) is 0. The Kier molecular flexibility index (Phi) is 30.4. The maximum atomic E-state index is 13.1. The number of nitrogens with one attached hydrogen (secondary N) is 1. The standard InChI is InChI=1S/C45H85NO13/c1-3-5-7-9-11-13-15-17-19-21-23-25-27-29-37(50)46-33(34(49)28-26-24-22-20-18-16-14-12-10-8-6-4-2)32-56-44-42(55)40(53)43(36(31-48)58-44)59-45-41(54)39(52)38(51)35(30-47)57-45/h26,28,33-36,38-45,47-49,51-55H,3-25,27,29-32H2,1-2H3,(H,46,50)/b28-26+. The van der Waals surface area contributed by atoms with Gasteiger partial charge in [-0.15, -0.1) is 0 Å². The number of aliphatic hydroxyl groups is 8. The van der Waals surface area contributed by atoms with Crippen molar-refractivity contribution in [3.05, 3.63) is 12.2 Å². The van der Waals surface area contributed by atoms with Gasteiger partial charge in [-0.2, -0.15) is 0 Å². The minimum atomic E-state index is -1.78. The van der Waals surface area contributed by atoms with E-state index in [4.69, 9.17) is 18.9 Å². The van der Waals surface area contributed by atoms with E-state index in [-0.39, 0.29) is 18.9 Å². The van der Waals surface area contributed by atoms with Crippen LogP contribution in [0.2, 0.25) is 0 Å². The zero-order chi connectivity index (χ0) is 43.3. The highest BCUT2D eigenvalue weighted by molar-refractivity contribution is 5.76. The van der Waals surface area contributed by atoms with E-state index in [0.717, 1.165) is 38.5 Å². The lowest BCUT2D eigenvalue weighted by molar-refractivity contribution is -0.359. The quantitative estimate of drug-likeness (QED) is 0.0308. The summed E-state index contributed by atoms with van der Waals surface area (Å²) in [5.74, 6) is -0.241. The van der Waals surface area contributed by atoms with Crippen LogP contribution in [0.1, 0.15) is 174 Å². The minimum Gasteiger partial charge on any atom is -0.394 e. The molecule has 2 aliphatic heterocycles. The predicted octanol–water partition coefficient (Wildman–Crippen LogP) is 4.82. The monoisotopic (exact) mass is 848 g/mol. The molecular formula is C45H85NO13. The first kappa shape index (κ1) is 53.9. The first-order valence-corrected chi connectivity index (χ1v) is 23.4. The van der Waals surface area contributed by atoms with Gasteiger partial charge in [0.2, 0.25) is 5.91 Å². The van der Waals surface area contributed by atoms with E-state index in [0.29, 0.717) is 6.42 Å². The van der Waals surface area contributed by atoms with Crippen LogP contribution >= 0.6 is 0 Å². The van der Waals surface area contributed by atoms with Crippen molar-refractivity contribution >= 4 is 5.91 Å². The van der Waals surface area contributed by atoms with Gasteiger partial charge in [-0.3, -0.25) is 4.79 Å². The summed E-state index contributed by atoms with van der Waals surface area (Å²) in [7, 11) is 0. The highest BCUT2D eigenvalue weighted by atomic mass is 16.7. The van der Waals surface area contributed by atoms with Crippen LogP contribution in [0.25, 0.3) is 0 Å². The van der Waals surface area contributed by atoms with Gasteiger partial charge in [-0.05, 0) is 19.3 Å². The normalized spacial score (nSPS) is 28.6. The molecule has 0 spiro atoms. The molecular weight excluding hydrogens is 762 g/mol. The van der Waals surface area contributed by atoms with Gasteiger partial charge < -0.3 is 65.1 Å². The number of unbranched alkanes of at least 4 members (excludes halogenated alkanes) is 22. The molecule has 0 aromatic carbocycles. The molecule has 2 heterocycles. The Hall–Kier alpha value is -1.27. The van der Waals surface area contributed by atoms with Crippen molar-refractivity contribution in [1.29, 1.82) is 0 Å². The number of aliphatic hydroxyl groups excluding tert-OH is 8. The second kappa shape index (κ2) is 33.3. The lowest BCUT2D eigenvalue weighted by atomic mass is 9.97. The van der Waals surface area contributed by atoms with Crippen LogP contribution in [0.3, 0.4) is 0 Å². The van der Waals surface area contributed by atoms with Crippen LogP contribution in [0.4, 0.5) is 0 Å². The molecule has 2 rings (SSSR count). The van der Waals surface area contributed by atoms with Gasteiger partial charge >= 0.3 is 0 Å². The molecule has 12 atom stereocenters. The van der Waals surface area contributed by atoms with Crippen molar-refractivity contribution in [3.63, 3.8) is 0 Å². The summed E-state index contributed by atoms with van der Waals surface area (Å²) in [6.07, 6.45) is 15.4. The van der Waals surface area contributed by atoms with Crippen molar-refractivity contribution in [3.8, 4) is 0 Å². The predicted molar refractivity (Wildman–Crippen MR) is 226 cm³/mol. The number of hydrogen-bond donors (Lipinski definition) is 9. The van der Waals surface area contributed by atoms with E-state index in [9.17, 15) is 45.6 Å². The Labute approximate surface area is 355 Å². The lowest BCUT2D eigenvalue weighted by Gasteiger charge is -2.46. The molecule has 0 saturated carbocycles. The van der Waals surface area contributed by atoms with Crippen molar-refractivity contribution in [2.45, 2.75) is 248 Å². The maximum Gasteiger partial charge on any atom is 0.220 e. The number of carbonyl (C=O) groups is 1. The fourth-order valence-corrected chi connectivity index (χ4v) is 7.82. The zero-order valence-electron chi connectivity index (χ0n) is 36.5. The smallest absolute Gasteiger partial charge is 0.220 e. The molecule has 348 valence electrons. The third kappa shape index (κ3) is 21.6. The van der Waals surface area contributed by atoms with E-state index >= 15 is 0 Å². The second-order valence-electron chi connectivity index (χ2n) is 16.9. The topological polar surface area (TPSA) is 228 Å². The number of rotatable bonds is 35. The van der Waals surface area contributed by atoms with Crippen LogP contribution in [0.5, 0.6) is 0 Å². The minimum absolute atomic E-state index is 0.241. The molecule has 9 N–H and O–H groups in total. The van der Waals surface area contributed by atoms with E-state index < -0.39 is 86.8 Å². The Morgan fingerprint density at radius 2 is 1.05 bits per heavy atom. The molecule has 14 heteroatoms. The van der Waals surface area contributed by atoms with E-state index in [1.54, 1.807) is 6.08 Å². The molecule has 2 fully saturated rings. The zero-order valence-corrected chi connectivity index (χ0v) is 36.5. The van der Waals surface area contributed by atoms with Gasteiger partial charge in [0, 0.05) is 6.42 Å². The van der Waals surface area contributed by atoms with Gasteiger partial charge in [0.05, 0.1) is 32.0 Å². The van der Waals surface area contributed by atoms with Gasteiger partial charge in [0.15, 0.2) is 12.6 Å². The van der Waals surface area contributed by atoms with Crippen LogP contribution in [-0.2, 0) is 23.7 Å². The average Bonchev–Trinajstić information content (AvgIpc) is 3.23. The summed E-state index contributed by atoms with van der Waals surface area (Å²) in [5, 5.41) is 86.4. The summed E-state index contributed by atoms with van der Waals surface area (Å²) in [6, 6.07) is -0.906. The molecule has 0 bridgehead atoms. The van der Waals surface area contributed by atoms with Crippen LogP contribution in [0, 0.1) is 0 Å². The first-order chi connectivity index (χ1) is 28.6. The van der Waals surface area contributed by atoms with Gasteiger partial charge in [-0.1, -0.05) is 161 Å². The summed E-state index contributed by atoms with van der Waals surface area (Å²) >= 11 is 0. The van der Waals surface area contributed by atoms with E-state index in [2.05, 4.69) is 19.2 Å². The molecule has 0 aromatic rings. The molecule has 12 unspecified atom stereocenters. The number of ether oxygens (including phenoxy) is 4. The summed E-state index contributed by atoms with van der Waals surface area (Å²) in [6.45, 7) is 2.76. The lowest BCUT2D eigenvalue weighted by Crippen LogP contribution is -2.65. The molecule has 2 saturated heterocycles. The molecule has 1 amide bonds. The molecule has 0 aliphatic carbocycles. The fraction of sp³-hybridized carbons (Fsp3) is 0.933. The van der Waals surface area contributed by atoms with Crippen molar-refractivity contribution in [1.82, 2.24) is 5.32 Å². The third-order valence-corrected chi connectivity index (χ3v) is 11.7. The van der Waals surface area contributed by atoms with E-state index in [1.807, 2.05) is 6.08 Å². The van der Waals surface area contributed by atoms with Crippen molar-refractivity contribution in [2.24, 2.45) is 0 Å². The molecule has 14 nitrogen and oxygen atoms in total. The van der Waals surface area contributed by atoms with Crippen molar-refractivity contribution in [2.75, 3.05) is 19.8 Å². The Morgan fingerprint density at radius 3 is 1.56 bits per heavy atom. The van der Waals surface area contributed by atoms with Gasteiger partial charge in [0.1, 0.15) is 48.8 Å². The second-order valence-corrected chi connectivity index (χ2v) is 16.9. The Bertz CT molecular complexity index is 1050. The Morgan fingerprint density at radius 1 is 0.593 bits per heavy atom. The van der Waals surface area contributed by atoms with Gasteiger partial charge in [0.25, 0.3) is 0 Å².